The molecule has 0 radical (unpaired) electrons. The van der Waals surface area contributed by atoms with Crippen LogP contribution < -0.4 is 5.73 Å². The maximum Gasteiger partial charge on any atom is 0.432 e. The molecule has 0 aliphatic heterocycles. The normalized spacial score (nSPS) is 21.4. The average Bonchev–Trinajstić information content (AvgIpc) is 3.41. The zero-order valence-electron chi connectivity index (χ0n) is 19.6. The Kier molecular flexibility index (Phi) is 7.69. The molecule has 0 bridgehead atoms. The van der Waals surface area contributed by atoms with Crippen molar-refractivity contribution < 1.29 is 37.0 Å². The van der Waals surface area contributed by atoms with Crippen molar-refractivity contribution in [2.45, 2.75) is 64.3 Å². The Morgan fingerprint density at radius 3 is 2.38 bits per heavy atom. The monoisotopic (exact) mass is 487 g/mol. The Labute approximate surface area is 195 Å². The van der Waals surface area contributed by atoms with Crippen LogP contribution in [-0.4, -0.2) is 52.6 Å². The number of allylic oxidation sites excluding steroid dienone is 2. The topological polar surface area (TPSA) is 105 Å². The van der Waals surface area contributed by atoms with Crippen molar-refractivity contribution in [2.75, 3.05) is 6.54 Å². The van der Waals surface area contributed by atoms with Gasteiger partial charge in [0.15, 0.2) is 0 Å². The third-order valence-electron chi connectivity index (χ3n) is 5.19. The number of halogens is 4. The van der Waals surface area contributed by atoms with Crippen LogP contribution in [0.1, 0.15) is 46.6 Å². The highest BCUT2D eigenvalue weighted by Gasteiger charge is 2.61. The van der Waals surface area contributed by atoms with E-state index in [-0.39, 0.29) is 12.0 Å². The molecule has 1 aliphatic rings. The molecule has 1 aromatic rings. The Balaban J connectivity index is 2.70. The van der Waals surface area contributed by atoms with Crippen LogP contribution in [-0.2, 0) is 14.9 Å². The van der Waals surface area contributed by atoms with Crippen LogP contribution in [0.5, 0.6) is 0 Å². The molecule has 11 heteroatoms. The first-order valence-electron chi connectivity index (χ1n) is 10.6. The van der Waals surface area contributed by atoms with Gasteiger partial charge in [0.25, 0.3) is 0 Å². The second-order valence-electron chi connectivity index (χ2n) is 9.50. The molecule has 0 saturated heterocycles. The van der Waals surface area contributed by atoms with E-state index in [0.29, 0.717) is 4.90 Å². The number of carbonyl (C=O) groups excluding carboxylic acids is 1. The summed E-state index contributed by atoms with van der Waals surface area (Å²) in [6.45, 7) is 7.28. The number of carboxylic acid groups (broad SMARTS) is 1. The molecular weight excluding hydrogens is 458 g/mol. The van der Waals surface area contributed by atoms with Crippen LogP contribution in [0.25, 0.3) is 0 Å². The number of hydrogen-bond acceptors (Lipinski definition) is 5. The number of carboxylic acids is 1. The van der Waals surface area contributed by atoms with Crippen LogP contribution in [0.15, 0.2) is 40.7 Å². The van der Waals surface area contributed by atoms with E-state index in [1.807, 2.05) is 0 Å². The number of ether oxygens (including phenoxy) is 1. The zero-order chi connectivity index (χ0) is 26.1. The fourth-order valence-electron chi connectivity index (χ4n) is 3.51. The van der Waals surface area contributed by atoms with Crippen molar-refractivity contribution in [3.8, 4) is 0 Å². The van der Waals surface area contributed by atoms with E-state index in [9.17, 15) is 32.3 Å². The van der Waals surface area contributed by atoms with Crippen molar-refractivity contribution in [2.24, 2.45) is 16.6 Å². The first kappa shape index (κ1) is 27.1. The highest BCUT2D eigenvalue weighted by atomic mass is 19.4. The maximum atomic E-state index is 14.0. The third kappa shape index (κ3) is 6.48. The van der Waals surface area contributed by atoms with Crippen LogP contribution in [0.4, 0.5) is 22.4 Å². The van der Waals surface area contributed by atoms with Gasteiger partial charge in [-0.25, -0.2) is 9.18 Å². The van der Waals surface area contributed by atoms with Crippen molar-refractivity contribution in [1.82, 2.24) is 4.90 Å². The Morgan fingerprint density at radius 2 is 1.94 bits per heavy atom. The molecule has 34 heavy (non-hydrogen) atoms. The molecule has 7 nitrogen and oxygen atoms in total. The Hall–Kier alpha value is -3.11. The highest BCUT2D eigenvalue weighted by molar-refractivity contribution is 5.87. The van der Waals surface area contributed by atoms with Crippen LogP contribution in [0, 0.1) is 11.7 Å². The fourth-order valence-corrected chi connectivity index (χ4v) is 3.51. The summed E-state index contributed by atoms with van der Waals surface area (Å²) in [7, 11) is 0. The minimum absolute atomic E-state index is 0.0222. The molecule has 1 amide bonds. The average molecular weight is 487 g/mol. The number of amides is 1. The van der Waals surface area contributed by atoms with Gasteiger partial charge in [0.05, 0.1) is 11.6 Å². The molecule has 2 atom stereocenters. The van der Waals surface area contributed by atoms with E-state index in [0.717, 1.165) is 18.3 Å². The number of carbonyl (C=O) groups is 2. The van der Waals surface area contributed by atoms with Crippen LogP contribution >= 0.6 is 0 Å². The van der Waals surface area contributed by atoms with E-state index in [4.69, 9.17) is 10.5 Å². The number of nitrogens with two attached hydrogens (primary N) is 1. The number of alkyl halides is 3. The largest absolute Gasteiger partial charge is 0.481 e. The lowest BCUT2D eigenvalue weighted by molar-refractivity contribution is -0.139. The van der Waals surface area contributed by atoms with Gasteiger partial charge in [-0.1, -0.05) is 12.1 Å². The van der Waals surface area contributed by atoms with Gasteiger partial charge in [-0.05, 0) is 58.7 Å². The maximum absolute atomic E-state index is 14.0. The first-order chi connectivity index (χ1) is 15.5. The summed E-state index contributed by atoms with van der Waals surface area (Å²) in [5.74, 6) is -2.93. The summed E-state index contributed by atoms with van der Waals surface area (Å²) in [6.07, 6.45) is -5.38. The van der Waals surface area contributed by atoms with Gasteiger partial charge >= 0.3 is 18.2 Å². The summed E-state index contributed by atoms with van der Waals surface area (Å²) in [5, 5.41) is 9.64. The van der Waals surface area contributed by atoms with Crippen LogP contribution in [0.3, 0.4) is 0 Å². The Bertz CT molecular complexity index is 999. The van der Waals surface area contributed by atoms with E-state index in [1.165, 1.54) is 32.9 Å². The summed E-state index contributed by atoms with van der Waals surface area (Å²) < 4.78 is 60.2. The van der Waals surface area contributed by atoms with Gasteiger partial charge in [-0.3, -0.25) is 14.7 Å². The standard InChI is InChI=1S/C23H29F4N3O4/c1-13(2)29-11-17(18(28)23(25,26)27)30(20(33)34-21(3,4)5)12-22(10-16(22)19(31)32)14-7-6-8-15(24)9-14/h6-9,11,13,16H,10,12,28H2,1-5H3,(H,31,32)/b18-17+,29-11?/t16-,22+/m0/s1. The van der Waals surface area contributed by atoms with E-state index >= 15 is 0 Å². The van der Waals surface area contributed by atoms with E-state index in [2.05, 4.69) is 4.99 Å². The van der Waals surface area contributed by atoms with Gasteiger partial charge in [0, 0.05) is 24.2 Å². The minimum Gasteiger partial charge on any atom is -0.481 e. The highest BCUT2D eigenvalue weighted by Crippen LogP contribution is 2.55. The number of benzene rings is 1. The predicted octanol–water partition coefficient (Wildman–Crippen LogP) is 4.62. The molecule has 188 valence electrons. The predicted molar refractivity (Wildman–Crippen MR) is 118 cm³/mol. The fraction of sp³-hybridized carbons (Fsp3) is 0.522. The molecule has 0 heterocycles. The van der Waals surface area contributed by atoms with Crippen molar-refractivity contribution in [3.05, 3.63) is 47.0 Å². The molecular formula is C23H29F4N3O4. The lowest BCUT2D eigenvalue weighted by Gasteiger charge is -2.32. The molecule has 0 spiro atoms. The lowest BCUT2D eigenvalue weighted by Crippen LogP contribution is -2.44. The number of nitrogens with zero attached hydrogens (tertiary/aromatic N) is 2. The lowest BCUT2D eigenvalue weighted by atomic mass is 9.92. The summed E-state index contributed by atoms with van der Waals surface area (Å²) in [4.78, 5) is 29.6. The molecule has 1 aliphatic carbocycles. The molecule has 0 aromatic heterocycles. The molecule has 1 aromatic carbocycles. The third-order valence-corrected chi connectivity index (χ3v) is 5.19. The summed E-state index contributed by atoms with van der Waals surface area (Å²) >= 11 is 0. The number of rotatable bonds is 7. The van der Waals surface area contributed by atoms with E-state index < -0.39 is 65.0 Å². The van der Waals surface area contributed by atoms with E-state index in [1.54, 1.807) is 13.8 Å². The van der Waals surface area contributed by atoms with Crippen molar-refractivity contribution in [3.63, 3.8) is 0 Å². The summed E-state index contributed by atoms with van der Waals surface area (Å²) in [5.41, 5.74) is 0.852. The number of aliphatic carboxylic acids is 1. The van der Waals surface area contributed by atoms with Gasteiger partial charge in [0.1, 0.15) is 17.1 Å². The quantitative estimate of drug-likeness (QED) is 0.432. The van der Waals surface area contributed by atoms with Gasteiger partial charge < -0.3 is 15.6 Å². The molecule has 2 rings (SSSR count). The van der Waals surface area contributed by atoms with Gasteiger partial charge in [0.2, 0.25) is 0 Å². The smallest absolute Gasteiger partial charge is 0.432 e. The number of hydrogen-bond donors (Lipinski definition) is 2. The SMILES string of the molecule is CC(C)N=C/C(=C(\N)C(F)(F)F)N(C[C@@]1(c2cccc(F)c2)C[C@H]1C(=O)O)C(=O)OC(C)(C)C. The number of aliphatic imine (C=N–C) groups is 1. The van der Waals surface area contributed by atoms with Gasteiger partial charge in [-0.15, -0.1) is 0 Å². The van der Waals surface area contributed by atoms with Gasteiger partial charge in [-0.2, -0.15) is 13.2 Å². The summed E-state index contributed by atoms with van der Waals surface area (Å²) in [6, 6.07) is 4.67. The first-order valence-corrected chi connectivity index (χ1v) is 10.6. The molecule has 1 fully saturated rings. The Morgan fingerprint density at radius 1 is 1.32 bits per heavy atom. The van der Waals surface area contributed by atoms with Crippen molar-refractivity contribution >= 4 is 18.3 Å². The molecule has 1 saturated carbocycles. The second-order valence-corrected chi connectivity index (χ2v) is 9.50. The molecule has 0 unspecified atom stereocenters. The minimum atomic E-state index is -5.01. The second kappa shape index (κ2) is 9.63. The zero-order valence-corrected chi connectivity index (χ0v) is 19.6. The van der Waals surface area contributed by atoms with Crippen molar-refractivity contribution in [1.29, 1.82) is 0 Å². The molecule has 3 N–H and O–H groups in total. The van der Waals surface area contributed by atoms with Crippen LogP contribution in [0.2, 0.25) is 0 Å².